The molecule has 2 aliphatic rings. The van der Waals surface area contributed by atoms with E-state index < -0.39 is 6.09 Å². The van der Waals surface area contributed by atoms with Gasteiger partial charge in [0.25, 0.3) is 0 Å². The van der Waals surface area contributed by atoms with Gasteiger partial charge < -0.3 is 15.7 Å². The van der Waals surface area contributed by atoms with Gasteiger partial charge in [0.15, 0.2) is 0 Å². The molecule has 30 heavy (non-hydrogen) atoms. The summed E-state index contributed by atoms with van der Waals surface area (Å²) < 4.78 is 18.9. The second-order valence-corrected chi connectivity index (χ2v) is 10.3. The third-order valence-electron chi connectivity index (χ3n) is 6.40. The zero-order chi connectivity index (χ0) is 21.9. The van der Waals surface area contributed by atoms with Crippen molar-refractivity contribution in [1.29, 1.82) is 0 Å². The number of rotatable bonds is 4. The molecule has 0 radical (unpaired) electrons. The lowest BCUT2D eigenvalue weighted by atomic mass is 9.62. The fourth-order valence-corrected chi connectivity index (χ4v) is 5.17. The standard InChI is InChI=1S/C21H30FN3S.CH3NO2/c1-21(2,3)16-12-15(13-16)6-7-24-8-10-25(11-9-24)20-18-5-4-17(22)14-19(18)26-23-20;2-1(3)4/h4-5,14-16H,6-13H2,1-3H3;2H2,(H,3,4). The van der Waals surface area contributed by atoms with Gasteiger partial charge >= 0.3 is 6.09 Å². The minimum Gasteiger partial charge on any atom is -0.465 e. The Hall–Kier alpha value is -1.93. The fraction of sp³-hybridized carbons (Fsp3) is 0.636. The Morgan fingerprint density at radius 2 is 1.90 bits per heavy atom. The molecule has 4 rings (SSSR count). The van der Waals surface area contributed by atoms with E-state index in [1.54, 1.807) is 12.1 Å². The predicted octanol–water partition coefficient (Wildman–Crippen LogP) is 4.64. The molecular weight excluding hydrogens is 403 g/mol. The van der Waals surface area contributed by atoms with Crippen LogP contribution in [0.3, 0.4) is 0 Å². The SMILES string of the molecule is CC(C)(C)C1CC(CCN2CCN(c3nsc4cc(F)ccc34)CC2)C1.NC(=O)O. The van der Waals surface area contributed by atoms with E-state index in [1.165, 1.54) is 37.3 Å². The summed E-state index contributed by atoms with van der Waals surface area (Å²) in [5, 5.41) is 8.28. The summed E-state index contributed by atoms with van der Waals surface area (Å²) in [5.74, 6) is 2.72. The van der Waals surface area contributed by atoms with Gasteiger partial charge in [0.2, 0.25) is 0 Å². The number of primary amides is 1. The molecule has 1 aromatic heterocycles. The molecule has 1 aliphatic heterocycles. The molecule has 1 saturated heterocycles. The van der Waals surface area contributed by atoms with Crippen molar-refractivity contribution in [3.8, 4) is 0 Å². The average molecular weight is 437 g/mol. The number of halogens is 1. The number of anilines is 1. The van der Waals surface area contributed by atoms with Gasteiger partial charge in [-0.1, -0.05) is 20.8 Å². The summed E-state index contributed by atoms with van der Waals surface area (Å²) in [7, 11) is 0. The Balaban J connectivity index is 0.000000589. The number of benzene rings is 1. The van der Waals surface area contributed by atoms with Crippen LogP contribution in [0.15, 0.2) is 18.2 Å². The van der Waals surface area contributed by atoms with E-state index in [1.807, 2.05) is 6.07 Å². The van der Waals surface area contributed by atoms with Crippen molar-refractivity contribution in [2.24, 2.45) is 23.0 Å². The van der Waals surface area contributed by atoms with Crippen LogP contribution in [0, 0.1) is 23.1 Å². The summed E-state index contributed by atoms with van der Waals surface area (Å²) >= 11 is 1.40. The van der Waals surface area contributed by atoms with Crippen molar-refractivity contribution in [2.75, 3.05) is 37.6 Å². The summed E-state index contributed by atoms with van der Waals surface area (Å²) in [6, 6.07) is 5.01. The maximum Gasteiger partial charge on any atom is 0.402 e. The number of carboxylic acid groups (broad SMARTS) is 1. The molecule has 0 bridgehead atoms. The first-order chi connectivity index (χ1) is 14.1. The number of nitrogens with zero attached hydrogens (tertiary/aromatic N) is 3. The highest BCUT2D eigenvalue weighted by Crippen LogP contribution is 2.46. The number of amides is 1. The molecule has 1 saturated carbocycles. The van der Waals surface area contributed by atoms with Crippen LogP contribution in [-0.2, 0) is 0 Å². The fourth-order valence-electron chi connectivity index (χ4n) is 4.35. The maximum atomic E-state index is 13.4. The topological polar surface area (TPSA) is 82.7 Å². The molecular formula is C22H33FN4O2S. The first-order valence-electron chi connectivity index (χ1n) is 10.6. The molecule has 0 spiro atoms. The third-order valence-corrected chi connectivity index (χ3v) is 7.20. The van der Waals surface area contributed by atoms with Crippen molar-refractivity contribution in [2.45, 2.75) is 40.0 Å². The second-order valence-electron chi connectivity index (χ2n) is 9.50. The summed E-state index contributed by atoms with van der Waals surface area (Å²) in [6.07, 6.45) is 2.86. The van der Waals surface area contributed by atoms with Crippen molar-refractivity contribution in [3.63, 3.8) is 0 Å². The van der Waals surface area contributed by atoms with Crippen LogP contribution in [0.2, 0.25) is 0 Å². The van der Waals surface area contributed by atoms with Crippen LogP contribution in [0.1, 0.15) is 40.0 Å². The highest BCUT2D eigenvalue weighted by Gasteiger charge is 2.36. The molecule has 2 aromatic rings. The molecule has 8 heteroatoms. The van der Waals surface area contributed by atoms with Gasteiger partial charge in [0.05, 0.1) is 4.70 Å². The van der Waals surface area contributed by atoms with E-state index in [9.17, 15) is 4.39 Å². The maximum absolute atomic E-state index is 13.4. The zero-order valence-corrected chi connectivity index (χ0v) is 18.9. The molecule has 1 aromatic carbocycles. The Morgan fingerprint density at radius 1 is 1.27 bits per heavy atom. The Bertz CT molecular complexity index is 848. The molecule has 6 nitrogen and oxygen atoms in total. The van der Waals surface area contributed by atoms with Gasteiger partial charge in [-0.15, -0.1) is 0 Å². The molecule has 2 fully saturated rings. The molecule has 1 amide bonds. The molecule has 2 heterocycles. The van der Waals surface area contributed by atoms with E-state index in [-0.39, 0.29) is 5.82 Å². The number of nitrogens with two attached hydrogens (primary N) is 1. The lowest BCUT2D eigenvalue weighted by molar-refractivity contribution is 0.0630. The van der Waals surface area contributed by atoms with Gasteiger partial charge in [0, 0.05) is 31.6 Å². The van der Waals surface area contributed by atoms with E-state index in [2.05, 4.69) is 40.7 Å². The van der Waals surface area contributed by atoms with E-state index in [4.69, 9.17) is 9.90 Å². The molecule has 1 aliphatic carbocycles. The quantitative estimate of drug-likeness (QED) is 0.729. The van der Waals surface area contributed by atoms with E-state index in [0.717, 1.165) is 53.9 Å². The van der Waals surface area contributed by atoms with Crippen LogP contribution in [-0.4, -0.2) is 53.2 Å². The van der Waals surface area contributed by atoms with Gasteiger partial charge in [0.1, 0.15) is 11.6 Å². The Kier molecular flexibility index (Phi) is 7.18. The predicted molar refractivity (Wildman–Crippen MR) is 121 cm³/mol. The largest absolute Gasteiger partial charge is 0.465 e. The average Bonchev–Trinajstić information content (AvgIpc) is 3.02. The zero-order valence-electron chi connectivity index (χ0n) is 18.1. The van der Waals surface area contributed by atoms with Gasteiger partial charge in [-0.05, 0) is 72.8 Å². The monoisotopic (exact) mass is 436 g/mol. The summed E-state index contributed by atoms with van der Waals surface area (Å²) in [5.41, 5.74) is 4.52. The van der Waals surface area contributed by atoms with Gasteiger partial charge in [-0.25, -0.2) is 9.18 Å². The number of hydrogen-bond acceptors (Lipinski definition) is 5. The molecule has 166 valence electrons. The third kappa shape index (κ3) is 5.82. The summed E-state index contributed by atoms with van der Waals surface area (Å²) in [4.78, 5) is 13.8. The number of carbonyl (C=O) groups is 1. The van der Waals surface area contributed by atoms with Crippen LogP contribution in [0.4, 0.5) is 15.0 Å². The van der Waals surface area contributed by atoms with Gasteiger partial charge in [-0.2, -0.15) is 4.37 Å². The van der Waals surface area contributed by atoms with Crippen molar-refractivity contribution in [1.82, 2.24) is 9.27 Å². The smallest absolute Gasteiger partial charge is 0.402 e. The molecule has 3 N–H and O–H groups in total. The van der Waals surface area contributed by atoms with Gasteiger partial charge in [-0.3, -0.25) is 4.90 Å². The van der Waals surface area contributed by atoms with Crippen molar-refractivity contribution in [3.05, 3.63) is 24.0 Å². The first kappa shape index (κ1) is 22.7. The minimum atomic E-state index is -1.33. The van der Waals surface area contributed by atoms with E-state index in [0.29, 0.717) is 5.41 Å². The number of aromatic nitrogens is 1. The minimum absolute atomic E-state index is 0.179. The normalized spacial score (nSPS) is 22.3. The van der Waals surface area contributed by atoms with Crippen LogP contribution in [0.25, 0.3) is 10.1 Å². The number of hydrogen-bond donors (Lipinski definition) is 2. The highest BCUT2D eigenvalue weighted by molar-refractivity contribution is 7.13. The highest BCUT2D eigenvalue weighted by atomic mass is 32.1. The Morgan fingerprint density at radius 3 is 2.50 bits per heavy atom. The van der Waals surface area contributed by atoms with E-state index >= 15 is 0 Å². The lowest BCUT2D eigenvalue weighted by Crippen LogP contribution is -2.47. The molecule has 0 atom stereocenters. The number of fused-ring (bicyclic) bond motifs is 1. The van der Waals surface area contributed by atoms with Crippen LogP contribution < -0.4 is 10.6 Å². The van der Waals surface area contributed by atoms with Crippen molar-refractivity contribution >= 4 is 33.5 Å². The second kappa shape index (κ2) is 9.47. The first-order valence-corrected chi connectivity index (χ1v) is 11.4. The van der Waals surface area contributed by atoms with Crippen molar-refractivity contribution < 1.29 is 14.3 Å². The van der Waals surface area contributed by atoms with Crippen LogP contribution >= 0.6 is 11.5 Å². The lowest BCUT2D eigenvalue weighted by Gasteiger charge is -2.45. The number of piperazine rings is 1. The molecule has 0 unspecified atom stereocenters. The van der Waals surface area contributed by atoms with Crippen LogP contribution in [0.5, 0.6) is 0 Å². The Labute approximate surface area is 182 Å². The summed E-state index contributed by atoms with van der Waals surface area (Å²) in [6.45, 7) is 12.6.